The first-order valence-electron chi connectivity index (χ1n) is 8.99. The summed E-state index contributed by atoms with van der Waals surface area (Å²) in [4.78, 5) is 13.6. The highest BCUT2D eigenvalue weighted by Gasteiger charge is 2.18. The van der Waals surface area contributed by atoms with E-state index in [1.54, 1.807) is 6.33 Å². The van der Waals surface area contributed by atoms with E-state index in [0.717, 1.165) is 43.5 Å². The van der Waals surface area contributed by atoms with Crippen LogP contribution in [0.2, 0.25) is 0 Å². The molecule has 2 heterocycles. The zero-order chi connectivity index (χ0) is 17.8. The van der Waals surface area contributed by atoms with Crippen LogP contribution in [-0.2, 0) is 0 Å². The van der Waals surface area contributed by atoms with Crippen molar-refractivity contribution in [1.82, 2.24) is 9.97 Å². The normalized spacial score (nSPS) is 14.3. The van der Waals surface area contributed by atoms with Crippen LogP contribution in [-0.4, -0.2) is 36.1 Å². The predicted molar refractivity (Wildman–Crippen MR) is 107 cm³/mol. The molecule has 3 aromatic rings. The molecule has 5 heteroatoms. The highest BCUT2D eigenvalue weighted by Crippen LogP contribution is 2.22. The average Bonchev–Trinajstić information content (AvgIpc) is 2.69. The van der Waals surface area contributed by atoms with E-state index in [-0.39, 0.29) is 0 Å². The van der Waals surface area contributed by atoms with Crippen molar-refractivity contribution >= 4 is 23.0 Å². The Kier molecular flexibility index (Phi) is 4.69. The highest BCUT2D eigenvalue weighted by atomic mass is 15.3. The van der Waals surface area contributed by atoms with Crippen molar-refractivity contribution in [2.75, 3.05) is 41.3 Å². The maximum Gasteiger partial charge on any atom is 0.135 e. The molecule has 0 atom stereocenters. The largest absolute Gasteiger partial charge is 0.368 e. The third-order valence-electron chi connectivity index (χ3n) is 4.67. The van der Waals surface area contributed by atoms with Crippen LogP contribution in [0.15, 0.2) is 67.0 Å². The van der Waals surface area contributed by atoms with E-state index in [1.165, 1.54) is 11.3 Å². The molecule has 5 nitrogen and oxygen atoms in total. The number of benzene rings is 2. The molecule has 0 amide bonds. The second-order valence-electron chi connectivity index (χ2n) is 6.57. The molecule has 1 fully saturated rings. The lowest BCUT2D eigenvalue weighted by Gasteiger charge is -2.36. The van der Waals surface area contributed by atoms with E-state index in [1.807, 2.05) is 36.4 Å². The fourth-order valence-electron chi connectivity index (χ4n) is 3.28. The Morgan fingerprint density at radius 1 is 0.808 bits per heavy atom. The quantitative estimate of drug-likeness (QED) is 0.778. The van der Waals surface area contributed by atoms with Crippen LogP contribution in [0.25, 0.3) is 0 Å². The van der Waals surface area contributed by atoms with E-state index in [2.05, 4.69) is 56.3 Å². The molecule has 1 saturated heterocycles. The highest BCUT2D eigenvalue weighted by molar-refractivity contribution is 5.59. The van der Waals surface area contributed by atoms with Crippen molar-refractivity contribution in [2.45, 2.75) is 6.92 Å². The number of piperazine rings is 1. The Labute approximate surface area is 154 Å². The molecule has 0 saturated carbocycles. The number of nitrogens with zero attached hydrogens (tertiary/aromatic N) is 4. The minimum Gasteiger partial charge on any atom is -0.368 e. The molecule has 4 rings (SSSR count). The van der Waals surface area contributed by atoms with E-state index in [0.29, 0.717) is 0 Å². The Bertz CT molecular complexity index is 857. The van der Waals surface area contributed by atoms with E-state index >= 15 is 0 Å². The van der Waals surface area contributed by atoms with Gasteiger partial charge in [0.2, 0.25) is 0 Å². The number of rotatable bonds is 4. The van der Waals surface area contributed by atoms with Gasteiger partial charge in [0, 0.05) is 43.6 Å². The number of nitrogens with one attached hydrogen (secondary N) is 1. The number of hydrogen-bond acceptors (Lipinski definition) is 5. The van der Waals surface area contributed by atoms with E-state index in [4.69, 9.17) is 0 Å². The van der Waals surface area contributed by atoms with Crippen LogP contribution >= 0.6 is 0 Å². The number of anilines is 4. The van der Waals surface area contributed by atoms with Crippen LogP contribution in [0.3, 0.4) is 0 Å². The molecule has 1 aliphatic rings. The van der Waals surface area contributed by atoms with Gasteiger partial charge in [0.25, 0.3) is 0 Å². The second kappa shape index (κ2) is 7.44. The van der Waals surface area contributed by atoms with Crippen LogP contribution in [0, 0.1) is 6.92 Å². The first-order chi connectivity index (χ1) is 12.8. The predicted octanol–water partition coefficient (Wildman–Crippen LogP) is 3.86. The summed E-state index contributed by atoms with van der Waals surface area (Å²) in [6.45, 7) is 6.04. The summed E-state index contributed by atoms with van der Waals surface area (Å²) < 4.78 is 0. The molecule has 0 bridgehead atoms. The van der Waals surface area contributed by atoms with Gasteiger partial charge in [0.05, 0.1) is 0 Å². The van der Waals surface area contributed by atoms with Gasteiger partial charge in [-0.3, -0.25) is 0 Å². The molecule has 132 valence electrons. The number of aromatic nitrogens is 2. The molecule has 2 aromatic carbocycles. The van der Waals surface area contributed by atoms with Gasteiger partial charge in [-0.15, -0.1) is 0 Å². The van der Waals surface area contributed by atoms with Crippen molar-refractivity contribution in [2.24, 2.45) is 0 Å². The summed E-state index contributed by atoms with van der Waals surface area (Å²) >= 11 is 0. The summed E-state index contributed by atoms with van der Waals surface area (Å²) in [5, 5.41) is 3.34. The smallest absolute Gasteiger partial charge is 0.135 e. The van der Waals surface area contributed by atoms with Crippen molar-refractivity contribution in [3.63, 3.8) is 0 Å². The third kappa shape index (κ3) is 3.77. The summed E-state index contributed by atoms with van der Waals surface area (Å²) in [5.74, 6) is 1.80. The molecule has 26 heavy (non-hydrogen) atoms. The lowest BCUT2D eigenvalue weighted by molar-refractivity contribution is 0.647. The van der Waals surface area contributed by atoms with Crippen LogP contribution in [0.1, 0.15) is 5.56 Å². The van der Waals surface area contributed by atoms with E-state index in [9.17, 15) is 0 Å². The monoisotopic (exact) mass is 345 g/mol. The fraction of sp³-hybridized carbons (Fsp3) is 0.238. The van der Waals surface area contributed by atoms with Gasteiger partial charge in [-0.1, -0.05) is 30.3 Å². The minimum absolute atomic E-state index is 0.822. The molecular formula is C21H23N5. The van der Waals surface area contributed by atoms with Crippen molar-refractivity contribution in [3.8, 4) is 0 Å². The topological polar surface area (TPSA) is 44.3 Å². The minimum atomic E-state index is 0.822. The first kappa shape index (κ1) is 16.4. The zero-order valence-corrected chi connectivity index (χ0v) is 15.0. The molecule has 0 unspecified atom stereocenters. The molecule has 1 aromatic heterocycles. The second-order valence-corrected chi connectivity index (χ2v) is 6.57. The maximum atomic E-state index is 4.47. The summed E-state index contributed by atoms with van der Waals surface area (Å²) in [5.41, 5.74) is 3.64. The maximum absolute atomic E-state index is 4.47. The van der Waals surface area contributed by atoms with Gasteiger partial charge in [0.15, 0.2) is 0 Å². The molecule has 0 aliphatic carbocycles. The lowest BCUT2D eigenvalue weighted by Crippen LogP contribution is -2.46. The summed E-state index contributed by atoms with van der Waals surface area (Å²) in [7, 11) is 0. The van der Waals surface area contributed by atoms with Gasteiger partial charge in [-0.25, -0.2) is 9.97 Å². The van der Waals surface area contributed by atoms with Crippen molar-refractivity contribution < 1.29 is 0 Å². The van der Waals surface area contributed by atoms with Crippen LogP contribution < -0.4 is 15.1 Å². The molecular weight excluding hydrogens is 322 g/mol. The van der Waals surface area contributed by atoms with Crippen molar-refractivity contribution in [3.05, 3.63) is 72.6 Å². The van der Waals surface area contributed by atoms with Crippen LogP contribution in [0.5, 0.6) is 0 Å². The zero-order valence-electron chi connectivity index (χ0n) is 15.0. The molecule has 0 radical (unpaired) electrons. The van der Waals surface area contributed by atoms with Gasteiger partial charge in [0.1, 0.15) is 18.0 Å². The van der Waals surface area contributed by atoms with Crippen molar-refractivity contribution in [1.29, 1.82) is 0 Å². The van der Waals surface area contributed by atoms with Crippen LogP contribution in [0.4, 0.5) is 23.0 Å². The fourth-order valence-corrected chi connectivity index (χ4v) is 3.28. The summed E-state index contributed by atoms with van der Waals surface area (Å²) in [6, 6.07) is 20.8. The number of para-hydroxylation sites is 1. The Morgan fingerprint density at radius 2 is 1.58 bits per heavy atom. The number of hydrogen-bond donors (Lipinski definition) is 1. The Hall–Kier alpha value is -3.08. The average molecular weight is 345 g/mol. The molecule has 0 spiro atoms. The first-order valence-corrected chi connectivity index (χ1v) is 8.99. The lowest BCUT2D eigenvalue weighted by atomic mass is 10.2. The third-order valence-corrected chi connectivity index (χ3v) is 4.67. The molecule has 1 aliphatic heterocycles. The Balaban J connectivity index is 1.42. The summed E-state index contributed by atoms with van der Waals surface area (Å²) in [6.07, 6.45) is 1.63. The van der Waals surface area contributed by atoms with E-state index < -0.39 is 0 Å². The van der Waals surface area contributed by atoms with Gasteiger partial charge < -0.3 is 15.1 Å². The van der Waals surface area contributed by atoms with Gasteiger partial charge in [-0.2, -0.15) is 0 Å². The van der Waals surface area contributed by atoms with Gasteiger partial charge >= 0.3 is 0 Å². The molecule has 1 N–H and O–H groups in total. The standard InChI is InChI=1S/C21H23N5/c1-17-6-5-9-19(14-17)25-10-12-26(13-11-25)21-15-20(22-16-23-21)24-18-7-3-2-4-8-18/h2-9,14-16H,10-13H2,1H3,(H,22,23,24). The van der Waals surface area contributed by atoms with Gasteiger partial charge in [-0.05, 0) is 36.8 Å². The number of aryl methyl sites for hydroxylation is 1. The Morgan fingerprint density at radius 3 is 2.35 bits per heavy atom. The SMILES string of the molecule is Cc1cccc(N2CCN(c3cc(Nc4ccccc4)ncn3)CC2)c1.